The second kappa shape index (κ2) is 11.6. The van der Waals surface area contributed by atoms with Gasteiger partial charge in [-0.3, -0.25) is 9.48 Å². The summed E-state index contributed by atoms with van der Waals surface area (Å²) in [4.78, 5) is 16.8. The number of hydrogen-bond donors (Lipinski definition) is 1. The van der Waals surface area contributed by atoms with Gasteiger partial charge in [-0.05, 0) is 30.8 Å². The lowest BCUT2D eigenvalue weighted by Gasteiger charge is -2.32. The van der Waals surface area contributed by atoms with Crippen molar-refractivity contribution >= 4 is 5.91 Å². The fraction of sp³-hybridized carbons (Fsp3) is 0.429. The van der Waals surface area contributed by atoms with Gasteiger partial charge >= 0.3 is 0 Å². The number of amides is 1. The van der Waals surface area contributed by atoms with Gasteiger partial charge in [0, 0.05) is 69.4 Å². The summed E-state index contributed by atoms with van der Waals surface area (Å²) in [5.41, 5.74) is 4.20. The minimum absolute atomic E-state index is 0.221. The predicted molar refractivity (Wildman–Crippen MR) is 139 cm³/mol. The van der Waals surface area contributed by atoms with Gasteiger partial charge in [0.25, 0.3) is 0 Å². The monoisotopic (exact) mass is 489 g/mol. The molecule has 36 heavy (non-hydrogen) atoms. The van der Waals surface area contributed by atoms with Crippen LogP contribution in [0, 0.1) is 0 Å². The number of benzene rings is 2. The lowest BCUT2D eigenvalue weighted by atomic mass is 10.1. The van der Waals surface area contributed by atoms with Gasteiger partial charge in [0.2, 0.25) is 5.91 Å². The highest BCUT2D eigenvalue weighted by Crippen LogP contribution is 2.35. The molecule has 0 aliphatic carbocycles. The maximum Gasteiger partial charge on any atom is 0.223 e. The molecule has 2 aliphatic heterocycles. The first-order valence-electron chi connectivity index (χ1n) is 12.8. The Morgan fingerprint density at radius 1 is 1.00 bits per heavy atom. The summed E-state index contributed by atoms with van der Waals surface area (Å²) in [7, 11) is 2.10. The summed E-state index contributed by atoms with van der Waals surface area (Å²) in [5.74, 6) is 1.76. The molecule has 1 N–H and O–H groups in total. The Kier molecular flexibility index (Phi) is 7.83. The number of carbonyl (C=O) groups is 1. The van der Waals surface area contributed by atoms with Crippen molar-refractivity contribution in [1.29, 1.82) is 0 Å². The summed E-state index contributed by atoms with van der Waals surface area (Å²) < 4.78 is 13.7. The summed E-state index contributed by atoms with van der Waals surface area (Å²) in [5, 5.41) is 8.42. The van der Waals surface area contributed by atoms with E-state index >= 15 is 0 Å². The molecule has 1 aromatic heterocycles. The van der Waals surface area contributed by atoms with Crippen molar-refractivity contribution in [2.24, 2.45) is 0 Å². The van der Waals surface area contributed by atoms with E-state index in [-0.39, 0.29) is 5.91 Å². The first-order valence-corrected chi connectivity index (χ1v) is 12.8. The van der Waals surface area contributed by atoms with E-state index in [9.17, 15) is 4.79 Å². The molecule has 2 aliphatic rings. The van der Waals surface area contributed by atoms with Crippen LogP contribution < -0.4 is 14.8 Å². The third kappa shape index (κ3) is 6.06. The Hall–Kier alpha value is -3.36. The molecule has 2 aromatic carbocycles. The molecule has 1 fully saturated rings. The van der Waals surface area contributed by atoms with E-state index in [1.807, 2.05) is 46.0 Å². The number of aromatic nitrogens is 2. The zero-order chi connectivity index (χ0) is 24.7. The van der Waals surface area contributed by atoms with Crippen LogP contribution in [0.2, 0.25) is 0 Å². The largest absolute Gasteiger partial charge is 0.490 e. The van der Waals surface area contributed by atoms with E-state index in [1.165, 1.54) is 5.56 Å². The number of rotatable bonds is 8. The standard InChI is InChI=1S/C28H35N5O3/c1-31-12-14-32(15-13-31)27(34)10-11-29-19-24-21-33(20-22-6-3-2-4-7-22)30-28(24)23-8-9-25-26(18-23)36-17-5-16-35-25/h2-4,6-9,18,21,29H,5,10-17,19-20H2,1H3. The Balaban J connectivity index is 1.28. The zero-order valence-electron chi connectivity index (χ0n) is 21.0. The Morgan fingerprint density at radius 2 is 1.78 bits per heavy atom. The topological polar surface area (TPSA) is 71.9 Å². The minimum Gasteiger partial charge on any atom is -0.490 e. The fourth-order valence-electron chi connectivity index (χ4n) is 4.63. The second-order valence-electron chi connectivity index (χ2n) is 9.51. The average molecular weight is 490 g/mol. The number of ether oxygens (including phenoxy) is 2. The molecule has 8 nitrogen and oxygen atoms in total. The summed E-state index contributed by atoms with van der Waals surface area (Å²) in [6.07, 6.45) is 3.47. The molecule has 0 bridgehead atoms. The molecule has 1 amide bonds. The molecule has 0 saturated carbocycles. The summed E-state index contributed by atoms with van der Waals surface area (Å²) in [6.45, 7) is 6.79. The highest BCUT2D eigenvalue weighted by atomic mass is 16.5. The van der Waals surface area contributed by atoms with E-state index in [0.717, 1.165) is 60.9 Å². The van der Waals surface area contributed by atoms with Crippen LogP contribution in [0.25, 0.3) is 11.3 Å². The van der Waals surface area contributed by atoms with Crippen molar-refractivity contribution in [2.45, 2.75) is 25.9 Å². The van der Waals surface area contributed by atoms with Crippen molar-refractivity contribution in [2.75, 3.05) is 53.0 Å². The van der Waals surface area contributed by atoms with E-state index < -0.39 is 0 Å². The molecule has 190 valence electrons. The van der Waals surface area contributed by atoms with Gasteiger partial charge in [0.15, 0.2) is 11.5 Å². The third-order valence-corrected chi connectivity index (χ3v) is 6.73. The van der Waals surface area contributed by atoms with Crippen LogP contribution in [-0.4, -0.2) is 78.5 Å². The van der Waals surface area contributed by atoms with Crippen LogP contribution in [0.1, 0.15) is 24.0 Å². The lowest BCUT2D eigenvalue weighted by Crippen LogP contribution is -2.47. The van der Waals surface area contributed by atoms with E-state index in [4.69, 9.17) is 14.6 Å². The first kappa shape index (κ1) is 24.3. The number of likely N-dealkylation sites (N-methyl/N-ethyl adjacent to an activating group) is 1. The summed E-state index contributed by atoms with van der Waals surface area (Å²) in [6, 6.07) is 16.4. The molecule has 0 unspecified atom stereocenters. The molecule has 0 atom stereocenters. The SMILES string of the molecule is CN1CCN(C(=O)CCNCc2cn(Cc3ccccc3)nc2-c2ccc3c(c2)OCCCO3)CC1. The van der Waals surface area contributed by atoms with Crippen molar-refractivity contribution in [3.63, 3.8) is 0 Å². The minimum atomic E-state index is 0.221. The first-order chi connectivity index (χ1) is 17.7. The highest BCUT2D eigenvalue weighted by Gasteiger charge is 2.19. The molecule has 1 saturated heterocycles. The van der Waals surface area contributed by atoms with Crippen molar-refractivity contribution in [3.8, 4) is 22.8 Å². The predicted octanol–water partition coefficient (Wildman–Crippen LogP) is 3.01. The van der Waals surface area contributed by atoms with Crippen LogP contribution in [0.15, 0.2) is 54.7 Å². The smallest absolute Gasteiger partial charge is 0.223 e. The van der Waals surface area contributed by atoms with Crippen molar-refractivity contribution in [1.82, 2.24) is 24.9 Å². The maximum absolute atomic E-state index is 12.6. The van der Waals surface area contributed by atoms with E-state index in [0.29, 0.717) is 39.3 Å². The summed E-state index contributed by atoms with van der Waals surface area (Å²) >= 11 is 0. The second-order valence-corrected chi connectivity index (χ2v) is 9.51. The third-order valence-electron chi connectivity index (χ3n) is 6.73. The molecule has 3 heterocycles. The number of nitrogens with one attached hydrogen (secondary N) is 1. The molecular weight excluding hydrogens is 454 g/mol. The number of hydrogen-bond acceptors (Lipinski definition) is 6. The van der Waals surface area contributed by atoms with Gasteiger partial charge in [-0.2, -0.15) is 5.10 Å². The number of fused-ring (bicyclic) bond motifs is 1. The Bertz CT molecular complexity index is 1160. The Labute approximate surface area is 212 Å². The van der Waals surface area contributed by atoms with Crippen LogP contribution in [0.5, 0.6) is 11.5 Å². The van der Waals surface area contributed by atoms with Gasteiger partial charge in [-0.15, -0.1) is 0 Å². The van der Waals surface area contributed by atoms with E-state index in [1.54, 1.807) is 0 Å². The number of nitrogens with zero attached hydrogens (tertiary/aromatic N) is 4. The molecule has 3 aromatic rings. The van der Waals surface area contributed by atoms with Gasteiger partial charge in [0.1, 0.15) is 0 Å². The lowest BCUT2D eigenvalue weighted by molar-refractivity contribution is -0.132. The quantitative estimate of drug-likeness (QED) is 0.491. The molecule has 0 spiro atoms. The van der Waals surface area contributed by atoms with Crippen molar-refractivity contribution < 1.29 is 14.3 Å². The maximum atomic E-state index is 12.6. The molecule has 0 radical (unpaired) electrons. The highest BCUT2D eigenvalue weighted by molar-refractivity contribution is 5.76. The number of piperazine rings is 1. The van der Waals surface area contributed by atoms with Crippen LogP contribution in [-0.2, 0) is 17.9 Å². The van der Waals surface area contributed by atoms with Gasteiger partial charge in [-0.1, -0.05) is 30.3 Å². The Morgan fingerprint density at radius 3 is 2.58 bits per heavy atom. The van der Waals surface area contributed by atoms with Crippen LogP contribution in [0.3, 0.4) is 0 Å². The van der Waals surface area contributed by atoms with Gasteiger partial charge < -0.3 is 24.6 Å². The molecule has 5 rings (SSSR count). The van der Waals surface area contributed by atoms with Gasteiger partial charge in [-0.25, -0.2) is 0 Å². The van der Waals surface area contributed by atoms with E-state index in [2.05, 4.69) is 35.6 Å². The van der Waals surface area contributed by atoms with Crippen LogP contribution >= 0.6 is 0 Å². The fourth-order valence-corrected chi connectivity index (χ4v) is 4.63. The van der Waals surface area contributed by atoms with Gasteiger partial charge in [0.05, 0.1) is 25.5 Å². The van der Waals surface area contributed by atoms with Crippen molar-refractivity contribution in [3.05, 3.63) is 65.9 Å². The molecular formula is C28H35N5O3. The molecule has 8 heteroatoms. The zero-order valence-corrected chi connectivity index (χ0v) is 21.0. The normalized spacial score (nSPS) is 16.1. The van der Waals surface area contributed by atoms with Crippen LogP contribution in [0.4, 0.5) is 0 Å². The number of carbonyl (C=O) groups excluding carboxylic acids is 1. The average Bonchev–Trinajstić information content (AvgIpc) is 3.14.